The molecule has 0 aromatic carbocycles. The molecule has 0 saturated carbocycles. The number of hydrogen-bond acceptors (Lipinski definition) is 3. The first-order valence-corrected chi connectivity index (χ1v) is 5.40. The van der Waals surface area contributed by atoms with Crippen molar-refractivity contribution in [2.75, 3.05) is 0 Å². The van der Waals surface area contributed by atoms with E-state index in [9.17, 15) is 26.3 Å². The second kappa shape index (κ2) is 5.75. The lowest BCUT2D eigenvalue weighted by Gasteiger charge is -2.18. The number of pyridine rings is 1. The molecule has 1 heterocycles. The lowest BCUT2D eigenvalue weighted by atomic mass is 10.0. The highest BCUT2D eigenvalue weighted by Gasteiger charge is 2.39. The van der Waals surface area contributed by atoms with Crippen LogP contribution >= 0.6 is 11.6 Å². The minimum Gasteiger partial charge on any atom is -0.403 e. The van der Waals surface area contributed by atoms with Crippen molar-refractivity contribution in [1.82, 2.24) is 4.98 Å². The summed E-state index contributed by atoms with van der Waals surface area (Å²) in [5.74, 6) is -1.77. The first-order chi connectivity index (χ1) is 9.10. The van der Waals surface area contributed by atoms with Crippen LogP contribution in [-0.4, -0.2) is 11.3 Å². The highest BCUT2D eigenvalue weighted by Crippen LogP contribution is 2.39. The van der Waals surface area contributed by atoms with Crippen molar-refractivity contribution >= 4 is 11.6 Å². The average molecular weight is 319 g/mol. The van der Waals surface area contributed by atoms with E-state index in [0.717, 1.165) is 0 Å². The Kier molecular flexibility index (Phi) is 4.70. The molecule has 110 valence electrons. The van der Waals surface area contributed by atoms with Crippen molar-refractivity contribution in [3.8, 4) is 11.8 Å². The molecule has 0 aliphatic carbocycles. The first-order valence-electron chi connectivity index (χ1n) is 4.86. The Bertz CT molecular complexity index is 534. The predicted molar refractivity (Wildman–Crippen MR) is 54.8 cm³/mol. The summed E-state index contributed by atoms with van der Waals surface area (Å²) in [6.45, 7) is 0. The summed E-state index contributed by atoms with van der Waals surface area (Å²) < 4.78 is 78.4. The van der Waals surface area contributed by atoms with Gasteiger partial charge in [-0.3, -0.25) is 4.98 Å². The standard InChI is InChI=1S/C10H5ClF6N2O/c11-3-7-8(20-10(15,16)17)5(1-2-18)6(4-19-7)9(12,13)14/h4H,1,3H2. The number of nitrogens with zero attached hydrogens (tertiary/aromatic N) is 2. The van der Waals surface area contributed by atoms with E-state index in [1.54, 1.807) is 0 Å². The summed E-state index contributed by atoms with van der Waals surface area (Å²) in [6.07, 6.45) is -10.8. The largest absolute Gasteiger partial charge is 0.573 e. The maximum absolute atomic E-state index is 12.7. The van der Waals surface area contributed by atoms with E-state index in [2.05, 4.69) is 9.72 Å². The predicted octanol–water partition coefficient (Wildman–Crippen LogP) is 3.80. The molecule has 10 heteroatoms. The van der Waals surface area contributed by atoms with Crippen molar-refractivity contribution in [2.45, 2.75) is 24.8 Å². The molecule has 1 aromatic heterocycles. The minimum absolute atomic E-state index is 0.327. The van der Waals surface area contributed by atoms with E-state index < -0.39 is 47.4 Å². The zero-order valence-corrected chi connectivity index (χ0v) is 10.2. The molecule has 0 aliphatic heterocycles. The van der Waals surface area contributed by atoms with Crippen molar-refractivity contribution in [3.05, 3.63) is 23.0 Å². The molecule has 1 aromatic rings. The van der Waals surface area contributed by atoms with E-state index in [0.29, 0.717) is 6.20 Å². The molecule has 0 saturated heterocycles. The van der Waals surface area contributed by atoms with Crippen LogP contribution in [0.3, 0.4) is 0 Å². The van der Waals surface area contributed by atoms with Crippen molar-refractivity contribution in [1.29, 1.82) is 5.26 Å². The molecule has 0 unspecified atom stereocenters. The molecular weight excluding hydrogens is 314 g/mol. The molecule has 0 atom stereocenters. The van der Waals surface area contributed by atoms with Crippen LogP contribution in [0.4, 0.5) is 26.3 Å². The molecule has 0 N–H and O–H groups in total. The molecule has 0 spiro atoms. The SMILES string of the molecule is N#CCc1c(C(F)(F)F)cnc(CCl)c1OC(F)(F)F. The van der Waals surface area contributed by atoms with Crippen LogP contribution in [0.2, 0.25) is 0 Å². The van der Waals surface area contributed by atoms with Gasteiger partial charge in [0.2, 0.25) is 0 Å². The maximum Gasteiger partial charge on any atom is 0.573 e. The van der Waals surface area contributed by atoms with Gasteiger partial charge in [-0.2, -0.15) is 18.4 Å². The second-order valence-corrected chi connectivity index (χ2v) is 3.71. The quantitative estimate of drug-likeness (QED) is 0.629. The highest BCUT2D eigenvalue weighted by atomic mass is 35.5. The smallest absolute Gasteiger partial charge is 0.403 e. The summed E-state index contributed by atoms with van der Waals surface area (Å²) in [5.41, 5.74) is -2.93. The van der Waals surface area contributed by atoms with Crippen molar-refractivity contribution in [2.24, 2.45) is 0 Å². The van der Waals surface area contributed by atoms with Crippen LogP contribution in [0.25, 0.3) is 0 Å². The molecule has 20 heavy (non-hydrogen) atoms. The molecular formula is C10H5ClF6N2O. The van der Waals surface area contributed by atoms with Gasteiger partial charge in [-0.15, -0.1) is 24.8 Å². The third kappa shape index (κ3) is 3.90. The number of halogens is 7. The van der Waals surface area contributed by atoms with Crippen LogP contribution in [0, 0.1) is 11.3 Å². The van der Waals surface area contributed by atoms with Gasteiger partial charge in [-0.1, -0.05) is 0 Å². The Hall–Kier alpha value is -1.69. The normalized spacial score (nSPS) is 12.1. The van der Waals surface area contributed by atoms with Crippen molar-refractivity contribution in [3.63, 3.8) is 0 Å². The van der Waals surface area contributed by atoms with E-state index >= 15 is 0 Å². The van der Waals surface area contributed by atoms with Gasteiger partial charge in [0.1, 0.15) is 0 Å². The number of ether oxygens (including phenoxy) is 1. The number of alkyl halides is 7. The molecule has 0 radical (unpaired) electrons. The van der Waals surface area contributed by atoms with Gasteiger partial charge in [0, 0.05) is 11.8 Å². The van der Waals surface area contributed by atoms with E-state index in [-0.39, 0.29) is 0 Å². The number of nitriles is 1. The third-order valence-electron chi connectivity index (χ3n) is 2.12. The summed E-state index contributed by atoms with van der Waals surface area (Å²) in [4.78, 5) is 3.20. The lowest BCUT2D eigenvalue weighted by molar-refractivity contribution is -0.275. The highest BCUT2D eigenvalue weighted by molar-refractivity contribution is 6.17. The van der Waals surface area contributed by atoms with Crippen molar-refractivity contribution < 1.29 is 31.1 Å². The van der Waals surface area contributed by atoms with E-state index in [1.165, 1.54) is 6.07 Å². The topological polar surface area (TPSA) is 45.9 Å². The number of hydrogen-bond donors (Lipinski definition) is 0. The fourth-order valence-electron chi connectivity index (χ4n) is 1.41. The molecule has 0 bridgehead atoms. The first kappa shape index (κ1) is 16.4. The Morgan fingerprint density at radius 1 is 1.25 bits per heavy atom. The molecule has 0 fully saturated rings. The van der Waals surface area contributed by atoms with Gasteiger partial charge in [-0.05, 0) is 0 Å². The van der Waals surface area contributed by atoms with E-state index in [4.69, 9.17) is 16.9 Å². The Morgan fingerprint density at radius 3 is 2.25 bits per heavy atom. The molecule has 1 rings (SSSR count). The van der Waals surface area contributed by atoms with Gasteiger partial charge < -0.3 is 4.74 Å². The zero-order chi connectivity index (χ0) is 15.6. The third-order valence-corrected chi connectivity index (χ3v) is 2.37. The van der Waals surface area contributed by atoms with Gasteiger partial charge >= 0.3 is 12.5 Å². The van der Waals surface area contributed by atoms with E-state index in [1.807, 2.05) is 0 Å². The molecule has 0 amide bonds. The minimum atomic E-state index is -5.23. The fourth-order valence-corrected chi connectivity index (χ4v) is 1.60. The monoisotopic (exact) mass is 318 g/mol. The summed E-state index contributed by atoms with van der Waals surface area (Å²) in [6, 6.07) is 1.36. The van der Waals surface area contributed by atoms with Gasteiger partial charge in [0.25, 0.3) is 0 Å². The van der Waals surface area contributed by atoms with Crippen LogP contribution in [0.15, 0.2) is 6.20 Å². The zero-order valence-electron chi connectivity index (χ0n) is 9.44. The Morgan fingerprint density at radius 2 is 1.85 bits per heavy atom. The van der Waals surface area contributed by atoms with Gasteiger partial charge in [0.15, 0.2) is 5.75 Å². The fraction of sp³-hybridized carbons (Fsp3) is 0.400. The Balaban J connectivity index is 3.54. The molecule has 3 nitrogen and oxygen atoms in total. The van der Waals surface area contributed by atoms with Crippen LogP contribution in [0.5, 0.6) is 5.75 Å². The molecule has 0 aliphatic rings. The van der Waals surface area contributed by atoms with Crippen LogP contribution in [0.1, 0.15) is 16.8 Å². The second-order valence-electron chi connectivity index (χ2n) is 3.44. The number of aromatic nitrogens is 1. The number of rotatable bonds is 3. The lowest BCUT2D eigenvalue weighted by Crippen LogP contribution is -2.21. The maximum atomic E-state index is 12.7. The summed E-state index contributed by atoms with van der Waals surface area (Å²) >= 11 is 5.33. The van der Waals surface area contributed by atoms with Crippen LogP contribution in [-0.2, 0) is 18.5 Å². The average Bonchev–Trinajstić information content (AvgIpc) is 2.28. The summed E-state index contributed by atoms with van der Waals surface area (Å²) in [7, 11) is 0. The van der Waals surface area contributed by atoms with Crippen LogP contribution < -0.4 is 4.74 Å². The van der Waals surface area contributed by atoms with Gasteiger partial charge in [0.05, 0.1) is 29.6 Å². The Labute approximate surface area is 113 Å². The summed E-state index contributed by atoms with van der Waals surface area (Å²) in [5, 5.41) is 8.49. The van der Waals surface area contributed by atoms with Gasteiger partial charge in [-0.25, -0.2) is 0 Å².